The molecule has 0 spiro atoms. The Labute approximate surface area is 100 Å². The molecule has 1 saturated heterocycles. The molecular formula is C12H18N2OS. The van der Waals surface area contributed by atoms with Gasteiger partial charge < -0.3 is 5.73 Å². The number of nitrogens with zero attached hydrogens (tertiary/aromatic N) is 1. The summed E-state index contributed by atoms with van der Waals surface area (Å²) in [6.07, 6.45) is 2.37. The minimum Gasteiger partial charge on any atom is -0.330 e. The molecule has 1 aromatic rings. The van der Waals surface area contributed by atoms with Crippen molar-refractivity contribution in [3.63, 3.8) is 0 Å². The van der Waals surface area contributed by atoms with E-state index in [1.807, 2.05) is 17.5 Å². The molecule has 1 fully saturated rings. The number of rotatable bonds is 4. The molecule has 1 aliphatic rings. The standard InChI is InChI=1S/C12H18N2OS/c13-7-10-3-1-5-14(8-10)9-11(15)12-4-2-6-16-12/h2,4,6,10H,1,3,5,7-9,13H2/t10-/m1/s1. The summed E-state index contributed by atoms with van der Waals surface area (Å²) in [5.74, 6) is 0.817. The van der Waals surface area contributed by atoms with Crippen molar-refractivity contribution in [1.29, 1.82) is 0 Å². The fourth-order valence-electron chi connectivity index (χ4n) is 2.21. The Bertz CT molecular complexity index is 337. The summed E-state index contributed by atoms with van der Waals surface area (Å²) in [7, 11) is 0. The molecule has 1 atom stereocenters. The number of likely N-dealkylation sites (tertiary alicyclic amines) is 1. The van der Waals surface area contributed by atoms with Gasteiger partial charge in [0.15, 0.2) is 5.78 Å². The summed E-state index contributed by atoms with van der Waals surface area (Å²) >= 11 is 1.53. The summed E-state index contributed by atoms with van der Waals surface area (Å²) in [5, 5.41) is 1.95. The fourth-order valence-corrected chi connectivity index (χ4v) is 2.86. The van der Waals surface area contributed by atoms with E-state index < -0.39 is 0 Å². The molecule has 88 valence electrons. The van der Waals surface area contributed by atoms with Crippen molar-refractivity contribution in [1.82, 2.24) is 4.90 Å². The second kappa shape index (κ2) is 5.57. The molecule has 3 nitrogen and oxygen atoms in total. The highest BCUT2D eigenvalue weighted by molar-refractivity contribution is 7.12. The lowest BCUT2D eigenvalue weighted by Crippen LogP contribution is -2.40. The number of ketones is 1. The molecule has 0 radical (unpaired) electrons. The third-order valence-electron chi connectivity index (χ3n) is 3.10. The largest absolute Gasteiger partial charge is 0.330 e. The summed E-state index contributed by atoms with van der Waals surface area (Å²) in [4.78, 5) is 15.0. The summed E-state index contributed by atoms with van der Waals surface area (Å²) in [5.41, 5.74) is 5.68. The van der Waals surface area contributed by atoms with Crippen molar-refractivity contribution in [3.8, 4) is 0 Å². The topological polar surface area (TPSA) is 46.3 Å². The predicted molar refractivity (Wildman–Crippen MR) is 66.9 cm³/mol. The van der Waals surface area contributed by atoms with Gasteiger partial charge in [0.2, 0.25) is 0 Å². The van der Waals surface area contributed by atoms with Gasteiger partial charge in [0.1, 0.15) is 0 Å². The molecule has 4 heteroatoms. The summed E-state index contributed by atoms with van der Waals surface area (Å²) < 4.78 is 0. The lowest BCUT2D eigenvalue weighted by atomic mass is 9.98. The normalized spacial score (nSPS) is 22.2. The molecule has 0 amide bonds. The van der Waals surface area contributed by atoms with E-state index >= 15 is 0 Å². The van der Waals surface area contributed by atoms with Gasteiger partial charge in [-0.1, -0.05) is 6.07 Å². The van der Waals surface area contributed by atoms with Crippen molar-refractivity contribution >= 4 is 17.1 Å². The lowest BCUT2D eigenvalue weighted by Gasteiger charge is -2.31. The molecule has 2 rings (SSSR count). The molecule has 0 unspecified atom stereocenters. The van der Waals surface area contributed by atoms with Gasteiger partial charge in [-0.2, -0.15) is 0 Å². The molecule has 0 aliphatic carbocycles. The monoisotopic (exact) mass is 238 g/mol. The first-order chi connectivity index (χ1) is 7.79. The van der Waals surface area contributed by atoms with Gasteiger partial charge in [0.05, 0.1) is 11.4 Å². The zero-order valence-electron chi connectivity index (χ0n) is 9.39. The highest BCUT2D eigenvalue weighted by atomic mass is 32.1. The molecule has 2 heterocycles. The van der Waals surface area contributed by atoms with Gasteiger partial charge in [-0.05, 0) is 43.3 Å². The van der Waals surface area contributed by atoms with Crippen LogP contribution in [0.25, 0.3) is 0 Å². The van der Waals surface area contributed by atoms with Crippen LogP contribution < -0.4 is 5.73 Å². The first-order valence-corrected chi connectivity index (χ1v) is 6.66. The maximum absolute atomic E-state index is 11.9. The van der Waals surface area contributed by atoms with Crippen molar-refractivity contribution in [2.75, 3.05) is 26.2 Å². The van der Waals surface area contributed by atoms with Crippen LogP contribution in [0.3, 0.4) is 0 Å². The van der Waals surface area contributed by atoms with Crippen molar-refractivity contribution in [2.24, 2.45) is 11.7 Å². The Hall–Kier alpha value is -0.710. The zero-order valence-corrected chi connectivity index (χ0v) is 10.2. The molecule has 2 N–H and O–H groups in total. The third kappa shape index (κ3) is 2.90. The molecule has 0 saturated carbocycles. The maximum atomic E-state index is 11.9. The Morgan fingerprint density at radius 1 is 1.62 bits per heavy atom. The van der Waals surface area contributed by atoms with E-state index in [1.165, 1.54) is 24.2 Å². The second-order valence-electron chi connectivity index (χ2n) is 4.38. The summed E-state index contributed by atoms with van der Waals surface area (Å²) in [6.45, 7) is 3.31. The smallest absolute Gasteiger partial charge is 0.186 e. The highest BCUT2D eigenvalue weighted by Crippen LogP contribution is 2.16. The van der Waals surface area contributed by atoms with E-state index in [0.29, 0.717) is 12.5 Å². The van der Waals surface area contributed by atoms with E-state index in [2.05, 4.69) is 4.90 Å². The van der Waals surface area contributed by atoms with Crippen LogP contribution in [0.1, 0.15) is 22.5 Å². The maximum Gasteiger partial charge on any atom is 0.186 e. The Morgan fingerprint density at radius 3 is 3.19 bits per heavy atom. The van der Waals surface area contributed by atoms with Gasteiger partial charge in [0, 0.05) is 6.54 Å². The first kappa shape index (κ1) is 11.8. The third-order valence-corrected chi connectivity index (χ3v) is 4.01. The van der Waals surface area contributed by atoms with Gasteiger partial charge in [0.25, 0.3) is 0 Å². The van der Waals surface area contributed by atoms with Gasteiger partial charge in [-0.15, -0.1) is 11.3 Å². The van der Waals surface area contributed by atoms with Crippen LogP contribution in [-0.4, -0.2) is 36.9 Å². The number of hydrogen-bond acceptors (Lipinski definition) is 4. The molecule has 16 heavy (non-hydrogen) atoms. The SMILES string of the molecule is NC[C@H]1CCCN(CC(=O)c2cccs2)C1. The van der Waals surface area contributed by atoms with Crippen LogP contribution >= 0.6 is 11.3 Å². The molecule has 1 aliphatic heterocycles. The van der Waals surface area contributed by atoms with Crippen LogP contribution in [-0.2, 0) is 0 Å². The average molecular weight is 238 g/mol. The number of hydrogen-bond donors (Lipinski definition) is 1. The molecule has 0 aromatic carbocycles. The number of carbonyl (C=O) groups is 1. The van der Waals surface area contributed by atoms with Crippen molar-refractivity contribution in [3.05, 3.63) is 22.4 Å². The van der Waals surface area contributed by atoms with E-state index in [-0.39, 0.29) is 5.78 Å². The van der Waals surface area contributed by atoms with Crippen LogP contribution in [0.4, 0.5) is 0 Å². The Balaban J connectivity index is 1.87. The number of Topliss-reactive ketones (excluding diaryl/α,β-unsaturated/α-hetero) is 1. The quantitative estimate of drug-likeness (QED) is 0.811. The minimum absolute atomic E-state index is 0.243. The lowest BCUT2D eigenvalue weighted by molar-refractivity contribution is 0.0893. The van der Waals surface area contributed by atoms with E-state index in [9.17, 15) is 4.79 Å². The van der Waals surface area contributed by atoms with Crippen LogP contribution in [0, 0.1) is 5.92 Å². The molecular weight excluding hydrogens is 220 g/mol. The van der Waals surface area contributed by atoms with Crippen molar-refractivity contribution in [2.45, 2.75) is 12.8 Å². The molecule has 1 aromatic heterocycles. The number of thiophene rings is 1. The van der Waals surface area contributed by atoms with E-state index in [1.54, 1.807) is 0 Å². The minimum atomic E-state index is 0.243. The van der Waals surface area contributed by atoms with Crippen LogP contribution in [0.5, 0.6) is 0 Å². The number of piperidine rings is 1. The van der Waals surface area contributed by atoms with Gasteiger partial charge >= 0.3 is 0 Å². The number of nitrogens with two attached hydrogens (primary N) is 1. The Morgan fingerprint density at radius 2 is 2.50 bits per heavy atom. The Kier molecular flexibility index (Phi) is 4.09. The second-order valence-corrected chi connectivity index (χ2v) is 5.33. The predicted octanol–water partition coefficient (Wildman–Crippen LogP) is 1.60. The summed E-state index contributed by atoms with van der Waals surface area (Å²) in [6, 6.07) is 3.83. The van der Waals surface area contributed by atoms with Gasteiger partial charge in [-0.25, -0.2) is 0 Å². The van der Waals surface area contributed by atoms with Crippen molar-refractivity contribution < 1.29 is 4.79 Å². The van der Waals surface area contributed by atoms with E-state index in [0.717, 1.165) is 24.5 Å². The number of carbonyl (C=O) groups excluding carboxylic acids is 1. The average Bonchev–Trinajstić information content (AvgIpc) is 2.83. The highest BCUT2D eigenvalue weighted by Gasteiger charge is 2.21. The fraction of sp³-hybridized carbons (Fsp3) is 0.583. The van der Waals surface area contributed by atoms with Gasteiger partial charge in [-0.3, -0.25) is 9.69 Å². The molecule has 0 bridgehead atoms. The van der Waals surface area contributed by atoms with E-state index in [4.69, 9.17) is 5.73 Å². The first-order valence-electron chi connectivity index (χ1n) is 5.78. The zero-order chi connectivity index (χ0) is 11.4. The van der Waals surface area contributed by atoms with Crippen LogP contribution in [0.15, 0.2) is 17.5 Å². The van der Waals surface area contributed by atoms with Crippen LogP contribution in [0.2, 0.25) is 0 Å².